The highest BCUT2D eigenvalue weighted by Crippen LogP contribution is 2.11. The third-order valence-electron chi connectivity index (χ3n) is 2.01. The summed E-state index contributed by atoms with van der Waals surface area (Å²) in [6, 6.07) is 0. The lowest BCUT2D eigenvalue weighted by Gasteiger charge is -2.04. The van der Waals surface area contributed by atoms with E-state index in [1.807, 2.05) is 6.92 Å². The predicted octanol–water partition coefficient (Wildman–Crippen LogP) is -0.767. The second-order valence-electron chi connectivity index (χ2n) is 3.48. The summed E-state index contributed by atoms with van der Waals surface area (Å²) < 4.78 is 26.1. The third-order valence-corrected chi connectivity index (χ3v) is 3.29. The topological polar surface area (TPSA) is 128 Å². The van der Waals surface area contributed by atoms with Gasteiger partial charge in [0.1, 0.15) is 4.90 Å². The molecule has 0 saturated carbocycles. The Morgan fingerprint density at radius 2 is 1.95 bits per heavy atom. The Bertz CT molecular complexity index is 650. The van der Waals surface area contributed by atoms with Crippen LogP contribution >= 0.6 is 0 Å². The standard InChI is InChI=1S/C8H12N8O2S/c1-3-9-7-10-4-6(5-11-7)19(17,18)14-8-12-15-16(2)13-8/h4-5H,3H2,1-2H3,(H,13,14)(H,9,10,11). The number of sulfonamides is 1. The molecule has 0 fully saturated rings. The van der Waals surface area contributed by atoms with E-state index in [0.29, 0.717) is 12.5 Å². The highest BCUT2D eigenvalue weighted by Gasteiger charge is 2.17. The highest BCUT2D eigenvalue weighted by molar-refractivity contribution is 7.92. The molecule has 2 heterocycles. The monoisotopic (exact) mass is 284 g/mol. The van der Waals surface area contributed by atoms with Crippen molar-refractivity contribution in [3.8, 4) is 0 Å². The molecule has 0 bridgehead atoms. The van der Waals surface area contributed by atoms with Crippen LogP contribution in [0.4, 0.5) is 11.9 Å². The maximum absolute atomic E-state index is 12.0. The van der Waals surface area contributed by atoms with Crippen LogP contribution in [0.1, 0.15) is 6.92 Å². The Labute approximate surface area is 109 Å². The van der Waals surface area contributed by atoms with E-state index in [4.69, 9.17) is 0 Å². The Morgan fingerprint density at radius 1 is 1.26 bits per heavy atom. The van der Waals surface area contributed by atoms with Crippen LogP contribution < -0.4 is 10.0 Å². The SMILES string of the molecule is CCNc1ncc(S(=O)(=O)Nc2nnn(C)n2)cn1. The van der Waals surface area contributed by atoms with Gasteiger partial charge in [-0.1, -0.05) is 5.10 Å². The number of hydrogen-bond donors (Lipinski definition) is 2. The molecule has 0 aliphatic carbocycles. The Kier molecular flexibility index (Phi) is 3.55. The molecule has 2 N–H and O–H groups in total. The van der Waals surface area contributed by atoms with Crippen molar-refractivity contribution in [3.05, 3.63) is 12.4 Å². The van der Waals surface area contributed by atoms with E-state index in [1.54, 1.807) is 0 Å². The summed E-state index contributed by atoms with van der Waals surface area (Å²) in [4.78, 5) is 8.82. The van der Waals surface area contributed by atoms with Crippen LogP contribution in [-0.2, 0) is 17.1 Å². The van der Waals surface area contributed by atoms with Gasteiger partial charge in [-0.05, 0) is 12.1 Å². The number of rotatable bonds is 5. The zero-order chi connectivity index (χ0) is 13.9. The van der Waals surface area contributed by atoms with E-state index in [-0.39, 0.29) is 10.8 Å². The molecule has 19 heavy (non-hydrogen) atoms. The molecule has 0 radical (unpaired) electrons. The first-order valence-corrected chi connectivity index (χ1v) is 6.82. The van der Waals surface area contributed by atoms with E-state index in [9.17, 15) is 8.42 Å². The second kappa shape index (κ2) is 5.14. The van der Waals surface area contributed by atoms with Crippen molar-refractivity contribution in [2.45, 2.75) is 11.8 Å². The van der Waals surface area contributed by atoms with Gasteiger partial charge in [0.05, 0.1) is 19.4 Å². The summed E-state index contributed by atoms with van der Waals surface area (Å²) in [7, 11) is -2.29. The zero-order valence-corrected chi connectivity index (χ0v) is 11.1. The normalized spacial score (nSPS) is 11.3. The average molecular weight is 284 g/mol. The first kappa shape index (κ1) is 13.1. The number of hydrogen-bond acceptors (Lipinski definition) is 8. The van der Waals surface area contributed by atoms with Gasteiger partial charge in [0.2, 0.25) is 5.95 Å². The van der Waals surface area contributed by atoms with E-state index in [2.05, 4.69) is 35.4 Å². The molecule has 0 saturated heterocycles. The number of tetrazole rings is 1. The molecule has 0 unspecified atom stereocenters. The number of aromatic nitrogens is 6. The molecule has 10 nitrogen and oxygen atoms in total. The third kappa shape index (κ3) is 3.13. The van der Waals surface area contributed by atoms with Gasteiger partial charge in [-0.3, -0.25) is 0 Å². The minimum atomic E-state index is -3.81. The van der Waals surface area contributed by atoms with Crippen LogP contribution in [0, 0.1) is 0 Å². The van der Waals surface area contributed by atoms with Gasteiger partial charge in [-0.15, -0.1) is 5.10 Å². The summed E-state index contributed by atoms with van der Waals surface area (Å²) in [5, 5.41) is 13.6. The van der Waals surface area contributed by atoms with Crippen LogP contribution in [0.3, 0.4) is 0 Å². The van der Waals surface area contributed by atoms with Crippen molar-refractivity contribution in [1.29, 1.82) is 0 Å². The number of anilines is 2. The first-order valence-electron chi connectivity index (χ1n) is 5.34. The average Bonchev–Trinajstić information content (AvgIpc) is 2.75. The van der Waals surface area contributed by atoms with Gasteiger partial charge >= 0.3 is 0 Å². The van der Waals surface area contributed by atoms with Crippen molar-refractivity contribution in [3.63, 3.8) is 0 Å². The summed E-state index contributed by atoms with van der Waals surface area (Å²) >= 11 is 0. The first-order chi connectivity index (χ1) is 9.01. The van der Waals surface area contributed by atoms with Crippen LogP contribution in [-0.4, -0.2) is 45.1 Å². The Morgan fingerprint density at radius 3 is 2.47 bits per heavy atom. The van der Waals surface area contributed by atoms with Crippen molar-refractivity contribution in [2.75, 3.05) is 16.6 Å². The fourth-order valence-corrected chi connectivity index (χ4v) is 2.03. The van der Waals surface area contributed by atoms with Gasteiger partial charge in [-0.25, -0.2) is 23.1 Å². The molecule has 0 spiro atoms. The summed E-state index contributed by atoms with van der Waals surface area (Å²) in [6.07, 6.45) is 2.40. The lowest BCUT2D eigenvalue weighted by molar-refractivity contribution is 0.599. The molecule has 11 heteroatoms. The molecule has 2 rings (SSSR count). The van der Waals surface area contributed by atoms with Crippen molar-refractivity contribution in [2.24, 2.45) is 7.05 Å². The summed E-state index contributed by atoms with van der Waals surface area (Å²) in [5.74, 6) is 0.248. The summed E-state index contributed by atoms with van der Waals surface area (Å²) in [6.45, 7) is 2.53. The minimum Gasteiger partial charge on any atom is -0.355 e. The van der Waals surface area contributed by atoms with Crippen LogP contribution in [0.2, 0.25) is 0 Å². The quantitative estimate of drug-likeness (QED) is 0.732. The molecule has 0 aliphatic rings. The largest absolute Gasteiger partial charge is 0.355 e. The fraction of sp³-hybridized carbons (Fsp3) is 0.375. The second-order valence-corrected chi connectivity index (χ2v) is 5.16. The fourth-order valence-electron chi connectivity index (χ4n) is 1.21. The van der Waals surface area contributed by atoms with E-state index < -0.39 is 10.0 Å². The summed E-state index contributed by atoms with van der Waals surface area (Å²) in [5.41, 5.74) is 0. The maximum Gasteiger partial charge on any atom is 0.277 e. The molecule has 0 aromatic carbocycles. The van der Waals surface area contributed by atoms with Crippen LogP contribution in [0.5, 0.6) is 0 Å². The molecule has 2 aromatic heterocycles. The van der Waals surface area contributed by atoms with E-state index >= 15 is 0 Å². The van der Waals surface area contributed by atoms with Crippen LogP contribution in [0.25, 0.3) is 0 Å². The molecule has 0 amide bonds. The van der Waals surface area contributed by atoms with Gasteiger partial charge in [0.15, 0.2) is 0 Å². The highest BCUT2D eigenvalue weighted by atomic mass is 32.2. The molecular weight excluding hydrogens is 272 g/mol. The van der Waals surface area contributed by atoms with E-state index in [0.717, 1.165) is 4.80 Å². The van der Waals surface area contributed by atoms with Gasteiger partial charge < -0.3 is 5.32 Å². The van der Waals surface area contributed by atoms with Gasteiger partial charge in [0, 0.05) is 6.54 Å². The number of aryl methyl sites for hydroxylation is 1. The van der Waals surface area contributed by atoms with Crippen LogP contribution in [0.15, 0.2) is 17.3 Å². The molecular formula is C8H12N8O2S. The molecule has 0 atom stereocenters. The van der Waals surface area contributed by atoms with Crippen molar-refractivity contribution in [1.82, 2.24) is 30.2 Å². The molecule has 2 aromatic rings. The molecule has 0 aliphatic heterocycles. The lowest BCUT2D eigenvalue weighted by Crippen LogP contribution is -2.15. The predicted molar refractivity (Wildman–Crippen MR) is 65.8 cm³/mol. The minimum absolute atomic E-state index is 0.0818. The number of nitrogens with one attached hydrogen (secondary N) is 2. The van der Waals surface area contributed by atoms with Gasteiger partial charge in [0.25, 0.3) is 16.0 Å². The Balaban J connectivity index is 2.19. The van der Waals surface area contributed by atoms with Crippen molar-refractivity contribution < 1.29 is 8.42 Å². The Hall–Kier alpha value is -2.30. The molecule has 102 valence electrons. The van der Waals surface area contributed by atoms with Gasteiger partial charge in [-0.2, -0.15) is 4.80 Å². The van der Waals surface area contributed by atoms with E-state index in [1.165, 1.54) is 19.4 Å². The zero-order valence-electron chi connectivity index (χ0n) is 10.3. The smallest absolute Gasteiger partial charge is 0.277 e. The van der Waals surface area contributed by atoms with Crippen molar-refractivity contribution >= 4 is 21.9 Å². The number of nitrogens with zero attached hydrogens (tertiary/aromatic N) is 6. The lowest BCUT2D eigenvalue weighted by atomic mass is 10.6. The maximum atomic E-state index is 12.0.